The average Bonchev–Trinajstić information content (AvgIpc) is 3.24. The van der Waals surface area contributed by atoms with Crippen LogP contribution in [0.1, 0.15) is 5.69 Å². The number of nitrogens with zero attached hydrogens (tertiary/aromatic N) is 4. The van der Waals surface area contributed by atoms with E-state index in [1.807, 2.05) is 0 Å². The Morgan fingerprint density at radius 3 is 2.48 bits per heavy atom. The Hall–Kier alpha value is -3.26. The Morgan fingerprint density at radius 2 is 1.93 bits per heavy atom. The van der Waals surface area contributed by atoms with Crippen LogP contribution in [0.25, 0.3) is 17.2 Å². The first-order valence-electron chi connectivity index (χ1n) is 7.42. The SMILES string of the molecule is NCCc1nonc1-c1noc(=O)n1-c1ccc(F)c(Cl)c1.O=C(O)C(F)(F)F. The standard InChI is InChI=1S/C12H9ClFN5O3.C2HF3O2/c13-7-5-6(1-2-8(7)14)19-11(18-21-12(19)20)10-9(3-4-15)16-22-17-10;3-2(4,5)1(6)7/h1-2,5H,3-4,15H2;(H,6,7). The maximum Gasteiger partial charge on any atom is 0.490 e. The van der Waals surface area contributed by atoms with Gasteiger partial charge in [0.25, 0.3) is 0 Å². The summed E-state index contributed by atoms with van der Waals surface area (Å²) in [6.45, 7) is 0.311. The van der Waals surface area contributed by atoms with Gasteiger partial charge in [-0.3, -0.25) is 4.52 Å². The number of rotatable bonds is 4. The molecule has 3 aromatic rings. The predicted octanol–water partition coefficient (Wildman–Crippen LogP) is 1.80. The molecule has 0 aliphatic rings. The van der Waals surface area contributed by atoms with E-state index in [1.54, 1.807) is 0 Å². The molecule has 29 heavy (non-hydrogen) atoms. The molecule has 1 aromatic carbocycles. The fourth-order valence-electron chi connectivity index (χ4n) is 1.93. The molecule has 156 valence electrons. The number of carbonyl (C=O) groups is 1. The number of carboxylic acids is 1. The second kappa shape index (κ2) is 8.83. The monoisotopic (exact) mass is 439 g/mol. The summed E-state index contributed by atoms with van der Waals surface area (Å²) in [5, 5.41) is 18.1. The van der Waals surface area contributed by atoms with Crippen LogP contribution in [-0.4, -0.2) is 43.8 Å². The van der Waals surface area contributed by atoms with E-state index in [-0.39, 0.29) is 22.2 Å². The van der Waals surface area contributed by atoms with Gasteiger partial charge in [-0.25, -0.2) is 23.2 Å². The van der Waals surface area contributed by atoms with Gasteiger partial charge in [-0.2, -0.15) is 13.2 Å². The normalized spacial score (nSPS) is 11.1. The number of halogens is 5. The van der Waals surface area contributed by atoms with E-state index < -0.39 is 23.7 Å². The third-order valence-electron chi connectivity index (χ3n) is 3.16. The van der Waals surface area contributed by atoms with Gasteiger partial charge in [0.15, 0.2) is 5.69 Å². The summed E-state index contributed by atoms with van der Waals surface area (Å²) in [5.41, 5.74) is 6.40. The van der Waals surface area contributed by atoms with Crippen molar-refractivity contribution in [3.05, 3.63) is 45.3 Å². The summed E-state index contributed by atoms with van der Waals surface area (Å²) in [6, 6.07) is 3.76. The Balaban J connectivity index is 0.000000370. The molecule has 0 atom stereocenters. The summed E-state index contributed by atoms with van der Waals surface area (Å²) in [7, 11) is 0. The Bertz CT molecular complexity index is 1060. The number of carboxylic acid groups (broad SMARTS) is 1. The number of alkyl halides is 3. The Morgan fingerprint density at radius 1 is 1.28 bits per heavy atom. The minimum atomic E-state index is -5.08. The van der Waals surface area contributed by atoms with Crippen LogP contribution in [0.4, 0.5) is 17.6 Å². The van der Waals surface area contributed by atoms with Crippen molar-refractivity contribution in [2.45, 2.75) is 12.6 Å². The molecule has 0 spiro atoms. The fraction of sp³-hybridized carbons (Fsp3) is 0.214. The highest BCUT2D eigenvalue weighted by atomic mass is 35.5. The lowest BCUT2D eigenvalue weighted by atomic mass is 10.2. The fourth-order valence-corrected chi connectivity index (χ4v) is 2.10. The predicted molar refractivity (Wildman–Crippen MR) is 86.8 cm³/mol. The number of aromatic nitrogens is 4. The number of nitrogens with two attached hydrogens (primary N) is 1. The lowest BCUT2D eigenvalue weighted by Gasteiger charge is -2.04. The van der Waals surface area contributed by atoms with E-state index in [0.29, 0.717) is 18.7 Å². The topological polar surface area (TPSA) is 150 Å². The van der Waals surface area contributed by atoms with Crippen molar-refractivity contribution < 1.29 is 36.6 Å². The summed E-state index contributed by atoms with van der Waals surface area (Å²) in [4.78, 5) is 20.8. The number of hydrogen-bond donors (Lipinski definition) is 2. The van der Waals surface area contributed by atoms with E-state index in [1.165, 1.54) is 12.1 Å². The maximum atomic E-state index is 13.3. The third kappa shape index (κ3) is 5.17. The molecule has 0 amide bonds. The summed E-state index contributed by atoms with van der Waals surface area (Å²) in [6.07, 6.45) is -4.70. The van der Waals surface area contributed by atoms with Gasteiger partial charge >= 0.3 is 17.9 Å². The highest BCUT2D eigenvalue weighted by molar-refractivity contribution is 6.30. The molecule has 0 saturated heterocycles. The molecule has 0 fully saturated rings. The Kier molecular flexibility index (Phi) is 6.71. The zero-order valence-electron chi connectivity index (χ0n) is 14.0. The van der Waals surface area contributed by atoms with Crippen LogP contribution < -0.4 is 11.5 Å². The number of hydrogen-bond acceptors (Lipinski definition) is 8. The van der Waals surface area contributed by atoms with Gasteiger partial charge in [-0.15, -0.1) is 0 Å². The van der Waals surface area contributed by atoms with Crippen LogP contribution in [-0.2, 0) is 11.2 Å². The lowest BCUT2D eigenvalue weighted by Crippen LogP contribution is -2.21. The molecule has 3 rings (SSSR count). The van der Waals surface area contributed by atoms with Crippen molar-refractivity contribution in [1.29, 1.82) is 0 Å². The third-order valence-corrected chi connectivity index (χ3v) is 3.45. The highest BCUT2D eigenvalue weighted by Crippen LogP contribution is 2.23. The van der Waals surface area contributed by atoms with Crippen LogP contribution in [0.5, 0.6) is 0 Å². The van der Waals surface area contributed by atoms with Crippen molar-refractivity contribution in [3.63, 3.8) is 0 Å². The van der Waals surface area contributed by atoms with Crippen molar-refractivity contribution in [2.75, 3.05) is 6.54 Å². The molecule has 0 aliphatic heterocycles. The van der Waals surface area contributed by atoms with Crippen LogP contribution >= 0.6 is 11.6 Å². The van der Waals surface area contributed by atoms with Gasteiger partial charge in [0.2, 0.25) is 5.82 Å². The molecule has 0 radical (unpaired) electrons. The van der Waals surface area contributed by atoms with E-state index in [2.05, 4.69) is 24.6 Å². The zero-order valence-corrected chi connectivity index (χ0v) is 14.7. The maximum absolute atomic E-state index is 13.3. The molecule has 10 nitrogen and oxygen atoms in total. The molecule has 0 unspecified atom stereocenters. The van der Waals surface area contributed by atoms with Gasteiger partial charge in [-0.1, -0.05) is 21.9 Å². The molecular weight excluding hydrogens is 430 g/mol. The highest BCUT2D eigenvalue weighted by Gasteiger charge is 2.38. The molecule has 0 saturated carbocycles. The van der Waals surface area contributed by atoms with Crippen molar-refractivity contribution in [1.82, 2.24) is 20.0 Å². The van der Waals surface area contributed by atoms with Crippen molar-refractivity contribution >= 4 is 17.6 Å². The van der Waals surface area contributed by atoms with Gasteiger partial charge in [0.05, 0.1) is 10.7 Å². The van der Waals surface area contributed by atoms with E-state index in [4.69, 9.17) is 27.2 Å². The number of benzene rings is 1. The summed E-state index contributed by atoms with van der Waals surface area (Å²) < 4.78 is 55.4. The van der Waals surface area contributed by atoms with Gasteiger partial charge in [0, 0.05) is 6.42 Å². The van der Waals surface area contributed by atoms with Crippen LogP contribution in [0.15, 0.2) is 32.1 Å². The van der Waals surface area contributed by atoms with Gasteiger partial charge < -0.3 is 10.8 Å². The smallest absolute Gasteiger partial charge is 0.475 e. The summed E-state index contributed by atoms with van der Waals surface area (Å²) in [5.74, 6) is -4.08. The van der Waals surface area contributed by atoms with Crippen LogP contribution in [0.3, 0.4) is 0 Å². The first kappa shape index (κ1) is 22.0. The first-order valence-corrected chi connectivity index (χ1v) is 7.80. The molecule has 0 bridgehead atoms. The van der Waals surface area contributed by atoms with Crippen LogP contribution in [0.2, 0.25) is 5.02 Å². The van der Waals surface area contributed by atoms with Gasteiger partial charge in [0.1, 0.15) is 11.5 Å². The molecule has 2 heterocycles. The molecule has 3 N–H and O–H groups in total. The summed E-state index contributed by atoms with van der Waals surface area (Å²) >= 11 is 5.74. The Labute approximate surface area is 162 Å². The van der Waals surface area contributed by atoms with E-state index in [0.717, 1.165) is 10.6 Å². The van der Waals surface area contributed by atoms with Crippen LogP contribution in [0, 0.1) is 5.82 Å². The quantitative estimate of drug-likeness (QED) is 0.580. The minimum Gasteiger partial charge on any atom is -0.475 e. The lowest BCUT2D eigenvalue weighted by molar-refractivity contribution is -0.192. The minimum absolute atomic E-state index is 0.0670. The van der Waals surface area contributed by atoms with E-state index in [9.17, 15) is 22.4 Å². The largest absolute Gasteiger partial charge is 0.490 e. The van der Waals surface area contributed by atoms with Crippen molar-refractivity contribution in [2.24, 2.45) is 5.73 Å². The molecule has 2 aromatic heterocycles. The first-order chi connectivity index (χ1) is 13.6. The molecule has 0 aliphatic carbocycles. The van der Waals surface area contributed by atoms with Crippen molar-refractivity contribution in [3.8, 4) is 17.2 Å². The van der Waals surface area contributed by atoms with E-state index >= 15 is 0 Å². The van der Waals surface area contributed by atoms with Gasteiger partial charge in [-0.05, 0) is 29.9 Å². The second-order valence-electron chi connectivity index (χ2n) is 5.11. The number of aliphatic carboxylic acids is 1. The average molecular weight is 440 g/mol. The second-order valence-corrected chi connectivity index (χ2v) is 5.51. The molecular formula is C14H10ClF4N5O5. The zero-order chi connectivity index (χ0) is 21.8. The molecule has 15 heteroatoms.